The summed E-state index contributed by atoms with van der Waals surface area (Å²) in [6, 6.07) is 8.48. The number of nitrogens with one attached hydrogen (secondary N) is 2. The Morgan fingerprint density at radius 2 is 2.05 bits per heavy atom. The number of amides is 2. The normalized spacial score (nSPS) is 11.9. The number of urea groups is 1. The van der Waals surface area contributed by atoms with E-state index < -0.39 is 0 Å². The van der Waals surface area contributed by atoms with E-state index in [0.717, 1.165) is 5.56 Å². The van der Waals surface area contributed by atoms with Crippen LogP contribution in [0.1, 0.15) is 24.3 Å². The molecule has 0 spiro atoms. The number of carbonyl (C=O) groups is 1. The highest BCUT2D eigenvalue weighted by Crippen LogP contribution is 2.16. The van der Waals surface area contributed by atoms with Crippen molar-refractivity contribution in [3.05, 3.63) is 46.7 Å². The van der Waals surface area contributed by atoms with Crippen LogP contribution in [0.5, 0.6) is 0 Å². The molecule has 0 saturated carbocycles. The number of anilines is 1. The van der Waals surface area contributed by atoms with Crippen molar-refractivity contribution in [1.29, 1.82) is 0 Å². The van der Waals surface area contributed by atoms with Crippen molar-refractivity contribution in [2.45, 2.75) is 19.9 Å². The molecule has 1 atom stereocenters. The number of hydrogen-bond donors (Lipinski definition) is 2. The second-order valence-corrected chi connectivity index (χ2v) is 4.63. The van der Waals surface area contributed by atoms with Gasteiger partial charge in [-0.3, -0.25) is 5.32 Å². The van der Waals surface area contributed by atoms with E-state index in [9.17, 15) is 4.79 Å². The number of hydrogen-bond acceptors (Lipinski definition) is 3. The molecule has 1 aromatic heterocycles. The molecule has 0 saturated heterocycles. The zero-order chi connectivity index (χ0) is 13.8. The van der Waals surface area contributed by atoms with Gasteiger partial charge < -0.3 is 9.84 Å². The minimum Gasteiger partial charge on any atom is -0.360 e. The first-order chi connectivity index (χ1) is 9.04. The van der Waals surface area contributed by atoms with Crippen molar-refractivity contribution in [3.63, 3.8) is 0 Å². The summed E-state index contributed by atoms with van der Waals surface area (Å²) in [6.45, 7) is 3.64. The number of nitrogens with zero attached hydrogens (tertiary/aromatic N) is 1. The SMILES string of the molecule is Cc1cc(NC(=O)N[C@H](C)c2ccc(Cl)cc2)no1. The fraction of sp³-hybridized carbons (Fsp3) is 0.231. The van der Waals surface area contributed by atoms with Crippen molar-refractivity contribution in [2.75, 3.05) is 5.32 Å². The summed E-state index contributed by atoms with van der Waals surface area (Å²) in [5.74, 6) is 1.03. The monoisotopic (exact) mass is 279 g/mol. The molecule has 0 aliphatic carbocycles. The standard InChI is InChI=1S/C13H14ClN3O2/c1-8-7-12(17-19-8)16-13(18)15-9(2)10-3-5-11(14)6-4-10/h3-7,9H,1-2H3,(H2,15,16,17,18)/t9-/m1/s1. The molecule has 0 unspecified atom stereocenters. The van der Waals surface area contributed by atoms with Crippen LogP contribution in [0.15, 0.2) is 34.9 Å². The van der Waals surface area contributed by atoms with Gasteiger partial charge in [0.2, 0.25) is 0 Å². The van der Waals surface area contributed by atoms with E-state index in [1.807, 2.05) is 19.1 Å². The van der Waals surface area contributed by atoms with Crippen LogP contribution in [0.2, 0.25) is 5.02 Å². The minimum absolute atomic E-state index is 0.134. The zero-order valence-corrected chi connectivity index (χ0v) is 11.4. The van der Waals surface area contributed by atoms with E-state index in [1.165, 1.54) is 0 Å². The second-order valence-electron chi connectivity index (χ2n) is 4.19. The van der Waals surface area contributed by atoms with Gasteiger partial charge in [0, 0.05) is 11.1 Å². The molecule has 6 heteroatoms. The summed E-state index contributed by atoms with van der Waals surface area (Å²) >= 11 is 5.81. The fourth-order valence-corrected chi connectivity index (χ4v) is 1.74. The van der Waals surface area contributed by atoms with Crippen LogP contribution in [0.4, 0.5) is 10.6 Å². The maximum absolute atomic E-state index is 11.7. The Morgan fingerprint density at radius 1 is 1.37 bits per heavy atom. The summed E-state index contributed by atoms with van der Waals surface area (Å²) < 4.78 is 4.86. The van der Waals surface area contributed by atoms with Gasteiger partial charge in [0.1, 0.15) is 5.76 Å². The van der Waals surface area contributed by atoms with Crippen molar-refractivity contribution >= 4 is 23.4 Å². The van der Waals surface area contributed by atoms with Gasteiger partial charge in [-0.15, -0.1) is 0 Å². The topological polar surface area (TPSA) is 67.2 Å². The molecule has 1 aromatic carbocycles. The lowest BCUT2D eigenvalue weighted by molar-refractivity contribution is 0.249. The van der Waals surface area contributed by atoms with Crippen LogP contribution in [0.3, 0.4) is 0 Å². The largest absolute Gasteiger partial charge is 0.360 e. The molecule has 100 valence electrons. The maximum Gasteiger partial charge on any atom is 0.320 e. The van der Waals surface area contributed by atoms with Crippen LogP contribution in [-0.2, 0) is 0 Å². The third-order valence-electron chi connectivity index (χ3n) is 2.59. The Morgan fingerprint density at radius 3 is 2.63 bits per heavy atom. The van der Waals surface area contributed by atoms with Gasteiger partial charge in [-0.05, 0) is 31.5 Å². The molecule has 0 bridgehead atoms. The van der Waals surface area contributed by atoms with Gasteiger partial charge >= 0.3 is 6.03 Å². The fourth-order valence-electron chi connectivity index (χ4n) is 1.61. The lowest BCUT2D eigenvalue weighted by Gasteiger charge is -2.14. The van der Waals surface area contributed by atoms with Crippen molar-refractivity contribution in [1.82, 2.24) is 10.5 Å². The summed E-state index contributed by atoms with van der Waals surface area (Å²) in [5, 5.41) is 9.74. The number of aryl methyl sites for hydroxylation is 1. The Balaban J connectivity index is 1.93. The highest BCUT2D eigenvalue weighted by molar-refractivity contribution is 6.30. The smallest absolute Gasteiger partial charge is 0.320 e. The molecule has 19 heavy (non-hydrogen) atoms. The van der Waals surface area contributed by atoms with Gasteiger partial charge in [0.15, 0.2) is 5.82 Å². The van der Waals surface area contributed by atoms with E-state index in [2.05, 4.69) is 15.8 Å². The predicted octanol–water partition coefficient (Wildman–Crippen LogP) is 3.52. The molecular formula is C13H14ClN3O2. The second kappa shape index (κ2) is 5.75. The minimum atomic E-state index is -0.337. The van der Waals surface area contributed by atoms with Crippen LogP contribution in [-0.4, -0.2) is 11.2 Å². The summed E-state index contributed by atoms with van der Waals surface area (Å²) in [4.78, 5) is 11.7. The molecular weight excluding hydrogens is 266 g/mol. The molecule has 0 radical (unpaired) electrons. The highest BCUT2D eigenvalue weighted by atomic mass is 35.5. The van der Waals surface area contributed by atoms with E-state index >= 15 is 0 Å². The van der Waals surface area contributed by atoms with Crippen molar-refractivity contribution < 1.29 is 9.32 Å². The summed E-state index contributed by atoms with van der Waals surface area (Å²) in [7, 11) is 0. The van der Waals surface area contributed by atoms with Crippen LogP contribution in [0.25, 0.3) is 0 Å². The van der Waals surface area contributed by atoms with Crippen LogP contribution < -0.4 is 10.6 Å². The zero-order valence-electron chi connectivity index (χ0n) is 10.6. The van der Waals surface area contributed by atoms with Crippen LogP contribution in [0, 0.1) is 6.92 Å². The molecule has 0 fully saturated rings. The molecule has 2 amide bonds. The van der Waals surface area contributed by atoms with Crippen molar-refractivity contribution in [3.8, 4) is 0 Å². The van der Waals surface area contributed by atoms with E-state index in [0.29, 0.717) is 16.6 Å². The molecule has 2 rings (SSSR count). The third-order valence-corrected chi connectivity index (χ3v) is 2.84. The number of halogens is 1. The lowest BCUT2D eigenvalue weighted by atomic mass is 10.1. The molecule has 1 heterocycles. The van der Waals surface area contributed by atoms with Gasteiger partial charge in [0.25, 0.3) is 0 Å². The Bertz CT molecular complexity index is 566. The average Bonchev–Trinajstić information content (AvgIpc) is 2.75. The van der Waals surface area contributed by atoms with E-state index in [1.54, 1.807) is 25.1 Å². The number of aromatic nitrogens is 1. The lowest BCUT2D eigenvalue weighted by Crippen LogP contribution is -2.31. The first kappa shape index (κ1) is 13.4. The Labute approximate surface area is 115 Å². The Hall–Kier alpha value is -2.01. The van der Waals surface area contributed by atoms with Crippen LogP contribution >= 0.6 is 11.6 Å². The first-order valence-corrected chi connectivity index (χ1v) is 6.18. The summed E-state index contributed by atoms with van der Waals surface area (Å²) in [6.07, 6.45) is 0. The number of carbonyl (C=O) groups excluding carboxylic acids is 1. The summed E-state index contributed by atoms with van der Waals surface area (Å²) in [5.41, 5.74) is 0.968. The van der Waals surface area contributed by atoms with E-state index in [4.69, 9.17) is 16.1 Å². The number of rotatable bonds is 3. The first-order valence-electron chi connectivity index (χ1n) is 5.81. The highest BCUT2D eigenvalue weighted by Gasteiger charge is 2.11. The van der Waals surface area contributed by atoms with Gasteiger partial charge in [0.05, 0.1) is 6.04 Å². The predicted molar refractivity (Wildman–Crippen MR) is 73.3 cm³/mol. The maximum atomic E-state index is 11.7. The van der Waals surface area contributed by atoms with Gasteiger partial charge in [-0.25, -0.2) is 4.79 Å². The molecule has 0 aliphatic heterocycles. The third kappa shape index (κ3) is 3.72. The molecule has 0 aliphatic rings. The van der Waals surface area contributed by atoms with Gasteiger partial charge in [-0.1, -0.05) is 28.9 Å². The van der Waals surface area contributed by atoms with Crippen molar-refractivity contribution in [2.24, 2.45) is 0 Å². The van der Waals surface area contributed by atoms with Gasteiger partial charge in [-0.2, -0.15) is 0 Å². The molecule has 2 aromatic rings. The molecule has 2 N–H and O–H groups in total. The molecule has 5 nitrogen and oxygen atoms in total. The number of benzene rings is 1. The average molecular weight is 280 g/mol. The van der Waals surface area contributed by atoms with E-state index in [-0.39, 0.29) is 12.1 Å². The quantitative estimate of drug-likeness (QED) is 0.903. The Kier molecular flexibility index (Phi) is 4.06.